The van der Waals surface area contributed by atoms with Crippen LogP contribution < -0.4 is 10.6 Å². The van der Waals surface area contributed by atoms with Crippen LogP contribution in [-0.2, 0) is 9.59 Å². The summed E-state index contributed by atoms with van der Waals surface area (Å²) < 4.78 is 0. The number of amides is 2. The van der Waals surface area contributed by atoms with Gasteiger partial charge in [0.2, 0.25) is 11.8 Å². The highest BCUT2D eigenvalue weighted by atomic mass is 127. The average Bonchev–Trinajstić information content (AvgIpc) is 2.42. The van der Waals surface area contributed by atoms with Crippen LogP contribution in [0.1, 0.15) is 41.5 Å². The van der Waals surface area contributed by atoms with Gasteiger partial charge in [-0.05, 0) is 41.5 Å². The number of hydrogen-bond donors (Lipinski definition) is 2. The summed E-state index contributed by atoms with van der Waals surface area (Å²) in [6, 6.07) is 0. The van der Waals surface area contributed by atoms with Crippen LogP contribution in [0.25, 0.3) is 0 Å². The van der Waals surface area contributed by atoms with Gasteiger partial charge in [0.05, 0.1) is 6.54 Å². The van der Waals surface area contributed by atoms with Crippen molar-refractivity contribution in [2.24, 2.45) is 4.99 Å². The maximum atomic E-state index is 12.2. The van der Waals surface area contributed by atoms with Crippen LogP contribution in [0.3, 0.4) is 0 Å². The standard InChI is InChI=1S/C16H33N5O2.HI/c1-8-17-15(18-11-13(22)19-16(4,5)6)20(7)12-14(23)21(9-2)10-3;/h8-12H2,1-7H3,(H,17,18)(H,19,22);1H. The lowest BCUT2D eigenvalue weighted by Gasteiger charge is -2.26. The highest BCUT2D eigenvalue weighted by molar-refractivity contribution is 14.0. The van der Waals surface area contributed by atoms with Crippen molar-refractivity contribution in [2.75, 3.05) is 39.8 Å². The van der Waals surface area contributed by atoms with Gasteiger partial charge in [-0.25, -0.2) is 4.99 Å². The van der Waals surface area contributed by atoms with Crippen LogP contribution in [-0.4, -0.2) is 72.9 Å². The molecule has 0 aromatic heterocycles. The molecule has 2 amide bonds. The van der Waals surface area contributed by atoms with Crippen molar-refractivity contribution in [3.05, 3.63) is 0 Å². The van der Waals surface area contributed by atoms with Gasteiger partial charge in [0.1, 0.15) is 6.54 Å². The Kier molecular flexibility index (Phi) is 12.9. The molecular formula is C16H34IN5O2. The number of hydrogen-bond acceptors (Lipinski definition) is 3. The van der Waals surface area contributed by atoms with Gasteiger partial charge >= 0.3 is 0 Å². The quantitative estimate of drug-likeness (QED) is 0.345. The first kappa shape index (κ1) is 25.2. The van der Waals surface area contributed by atoms with Gasteiger partial charge in [-0.3, -0.25) is 9.59 Å². The van der Waals surface area contributed by atoms with E-state index in [1.165, 1.54) is 0 Å². The molecular weight excluding hydrogens is 421 g/mol. The van der Waals surface area contributed by atoms with Crippen LogP contribution in [0, 0.1) is 0 Å². The minimum atomic E-state index is -0.282. The van der Waals surface area contributed by atoms with Crippen molar-refractivity contribution in [3.63, 3.8) is 0 Å². The molecule has 0 fully saturated rings. The zero-order valence-electron chi connectivity index (χ0n) is 16.1. The van der Waals surface area contributed by atoms with Crippen molar-refractivity contribution < 1.29 is 9.59 Å². The Morgan fingerprint density at radius 3 is 2.04 bits per heavy atom. The molecule has 7 nitrogen and oxygen atoms in total. The van der Waals surface area contributed by atoms with E-state index in [-0.39, 0.29) is 54.4 Å². The lowest BCUT2D eigenvalue weighted by Crippen LogP contribution is -2.46. The highest BCUT2D eigenvalue weighted by Crippen LogP contribution is 1.98. The molecule has 0 radical (unpaired) electrons. The van der Waals surface area contributed by atoms with E-state index >= 15 is 0 Å². The van der Waals surface area contributed by atoms with Crippen LogP contribution in [0.5, 0.6) is 0 Å². The molecule has 0 aromatic rings. The Balaban J connectivity index is 0. The predicted molar refractivity (Wildman–Crippen MR) is 110 cm³/mol. The van der Waals surface area contributed by atoms with Gasteiger partial charge in [0.15, 0.2) is 5.96 Å². The van der Waals surface area contributed by atoms with E-state index in [9.17, 15) is 9.59 Å². The largest absolute Gasteiger partial charge is 0.356 e. The number of nitrogens with one attached hydrogen (secondary N) is 2. The average molecular weight is 455 g/mol. The summed E-state index contributed by atoms with van der Waals surface area (Å²) in [6.07, 6.45) is 0. The van der Waals surface area contributed by atoms with Crippen molar-refractivity contribution in [1.82, 2.24) is 20.4 Å². The molecule has 0 heterocycles. The summed E-state index contributed by atoms with van der Waals surface area (Å²) >= 11 is 0. The second kappa shape index (κ2) is 12.3. The van der Waals surface area contributed by atoms with E-state index in [1.54, 1.807) is 16.8 Å². The van der Waals surface area contributed by atoms with E-state index in [0.717, 1.165) is 0 Å². The predicted octanol–water partition coefficient (Wildman–Crippen LogP) is 1.28. The first-order valence-electron chi connectivity index (χ1n) is 8.22. The molecule has 0 rings (SSSR count). The molecule has 0 saturated carbocycles. The van der Waals surface area contributed by atoms with E-state index < -0.39 is 0 Å². The number of nitrogens with zero attached hydrogens (tertiary/aromatic N) is 3. The molecule has 0 bridgehead atoms. The van der Waals surface area contributed by atoms with Gasteiger partial charge in [0, 0.05) is 32.2 Å². The number of aliphatic imine (C=N–C) groups is 1. The van der Waals surface area contributed by atoms with Gasteiger partial charge < -0.3 is 20.4 Å². The maximum absolute atomic E-state index is 12.2. The third-order valence-electron chi connectivity index (χ3n) is 3.07. The molecule has 0 aliphatic heterocycles. The third-order valence-corrected chi connectivity index (χ3v) is 3.07. The van der Waals surface area contributed by atoms with E-state index in [2.05, 4.69) is 15.6 Å². The summed E-state index contributed by atoms with van der Waals surface area (Å²) in [5.41, 5.74) is -0.282. The molecule has 2 N–H and O–H groups in total. The lowest BCUT2D eigenvalue weighted by molar-refractivity contribution is -0.131. The Bertz CT molecular complexity index is 417. The maximum Gasteiger partial charge on any atom is 0.242 e. The number of carbonyl (C=O) groups excluding carboxylic acids is 2. The molecule has 0 saturated heterocycles. The fourth-order valence-electron chi connectivity index (χ4n) is 2.03. The smallest absolute Gasteiger partial charge is 0.242 e. The van der Waals surface area contributed by atoms with Crippen molar-refractivity contribution in [3.8, 4) is 0 Å². The molecule has 0 aromatic carbocycles. The molecule has 0 aliphatic rings. The summed E-state index contributed by atoms with van der Waals surface area (Å²) in [6.45, 7) is 13.9. The van der Waals surface area contributed by atoms with Crippen LogP contribution in [0.2, 0.25) is 0 Å². The number of carbonyl (C=O) groups is 2. The molecule has 142 valence electrons. The third kappa shape index (κ3) is 10.7. The van der Waals surface area contributed by atoms with Crippen LogP contribution >= 0.6 is 24.0 Å². The molecule has 0 unspecified atom stereocenters. The highest BCUT2D eigenvalue weighted by Gasteiger charge is 2.16. The number of likely N-dealkylation sites (N-methyl/N-ethyl adjacent to an activating group) is 2. The first-order valence-corrected chi connectivity index (χ1v) is 8.22. The number of guanidine groups is 1. The fraction of sp³-hybridized carbons (Fsp3) is 0.812. The van der Waals surface area contributed by atoms with E-state index in [1.807, 2.05) is 41.5 Å². The van der Waals surface area contributed by atoms with Gasteiger partial charge in [-0.1, -0.05) is 0 Å². The number of rotatable bonds is 7. The van der Waals surface area contributed by atoms with Crippen molar-refractivity contribution in [1.29, 1.82) is 0 Å². The Hall–Kier alpha value is -1.06. The molecule has 0 spiro atoms. The second-order valence-corrected chi connectivity index (χ2v) is 6.39. The van der Waals surface area contributed by atoms with Gasteiger partial charge in [0.25, 0.3) is 0 Å². The first-order chi connectivity index (χ1) is 10.6. The minimum absolute atomic E-state index is 0. The summed E-state index contributed by atoms with van der Waals surface area (Å²) in [5, 5.41) is 5.97. The number of halogens is 1. The van der Waals surface area contributed by atoms with Crippen LogP contribution in [0.4, 0.5) is 0 Å². The zero-order chi connectivity index (χ0) is 18.0. The second-order valence-electron chi connectivity index (χ2n) is 6.39. The summed E-state index contributed by atoms with van der Waals surface area (Å²) in [4.78, 5) is 31.9. The molecule has 8 heteroatoms. The minimum Gasteiger partial charge on any atom is -0.356 e. The topological polar surface area (TPSA) is 77.0 Å². The lowest BCUT2D eigenvalue weighted by atomic mass is 10.1. The normalized spacial score (nSPS) is 11.4. The zero-order valence-corrected chi connectivity index (χ0v) is 18.4. The summed E-state index contributed by atoms with van der Waals surface area (Å²) in [5.74, 6) is 0.454. The van der Waals surface area contributed by atoms with Crippen molar-refractivity contribution >= 4 is 41.8 Å². The SMILES string of the molecule is CCNC(=NCC(=O)NC(C)(C)C)N(C)CC(=O)N(CC)CC.I. The van der Waals surface area contributed by atoms with E-state index in [4.69, 9.17) is 0 Å². The molecule has 24 heavy (non-hydrogen) atoms. The van der Waals surface area contributed by atoms with Gasteiger partial charge in [-0.2, -0.15) is 0 Å². The summed E-state index contributed by atoms with van der Waals surface area (Å²) in [7, 11) is 1.80. The van der Waals surface area contributed by atoms with Gasteiger partial charge in [-0.15, -0.1) is 24.0 Å². The Morgan fingerprint density at radius 2 is 1.62 bits per heavy atom. The van der Waals surface area contributed by atoms with E-state index in [0.29, 0.717) is 25.6 Å². The Morgan fingerprint density at radius 1 is 1.08 bits per heavy atom. The Labute approximate surface area is 163 Å². The molecule has 0 aliphatic carbocycles. The fourth-order valence-corrected chi connectivity index (χ4v) is 2.03. The van der Waals surface area contributed by atoms with Crippen molar-refractivity contribution in [2.45, 2.75) is 47.1 Å². The van der Waals surface area contributed by atoms with Crippen LogP contribution in [0.15, 0.2) is 4.99 Å². The molecule has 0 atom stereocenters. The monoisotopic (exact) mass is 455 g/mol.